The average molecular weight is 330 g/mol. The van der Waals surface area contributed by atoms with E-state index in [4.69, 9.17) is 0 Å². The summed E-state index contributed by atoms with van der Waals surface area (Å²) in [6.07, 6.45) is 1.86. The Morgan fingerprint density at radius 3 is 2.60 bits per heavy atom. The molecule has 5 heteroatoms. The summed E-state index contributed by atoms with van der Waals surface area (Å²) >= 11 is 0. The molecule has 2 aromatic carbocycles. The van der Waals surface area contributed by atoms with Gasteiger partial charge in [-0.2, -0.15) is 0 Å². The van der Waals surface area contributed by atoms with Gasteiger partial charge in [-0.1, -0.05) is 36.4 Å². The van der Waals surface area contributed by atoms with Crippen LogP contribution in [-0.4, -0.2) is 15.0 Å². The molecular formula is C20H18N4O. The van der Waals surface area contributed by atoms with E-state index in [1.807, 2.05) is 49.5 Å². The summed E-state index contributed by atoms with van der Waals surface area (Å²) in [6, 6.07) is 18.2. The molecule has 0 aliphatic heterocycles. The third-order valence-electron chi connectivity index (χ3n) is 4.26. The fraction of sp³-hybridized carbons (Fsp3) is 0.100. The number of H-pyrrole nitrogens is 2. The number of fused-ring (bicyclic) bond motifs is 1. The summed E-state index contributed by atoms with van der Waals surface area (Å²) in [5, 5.41) is 3.45. The van der Waals surface area contributed by atoms with Crippen LogP contribution in [0.25, 0.3) is 22.2 Å². The van der Waals surface area contributed by atoms with Gasteiger partial charge in [-0.25, -0.2) is 4.79 Å². The Balaban J connectivity index is 1.64. The maximum absolute atomic E-state index is 11.4. The van der Waals surface area contributed by atoms with Gasteiger partial charge in [0.25, 0.3) is 0 Å². The van der Waals surface area contributed by atoms with Gasteiger partial charge in [0.2, 0.25) is 0 Å². The number of nitrogens with one attached hydrogen (secondary N) is 3. The molecule has 0 unspecified atom stereocenters. The summed E-state index contributed by atoms with van der Waals surface area (Å²) in [5.41, 5.74) is 6.60. The molecule has 5 nitrogen and oxygen atoms in total. The molecule has 0 aliphatic rings. The maximum atomic E-state index is 11.4. The summed E-state index contributed by atoms with van der Waals surface area (Å²) < 4.78 is 0. The largest absolute Gasteiger partial charge is 0.379 e. The third-order valence-corrected chi connectivity index (χ3v) is 4.26. The quantitative estimate of drug-likeness (QED) is 0.532. The standard InChI is InChI=1S/C20H18N4O/c1-13-18(22-11-14-5-3-2-4-6-14)10-16(12-21-13)15-7-8-17-19(9-15)24-20(25)23-17/h2-10,12,22H,11H2,1H3,(H2,23,24,25). The van der Waals surface area contributed by atoms with Crippen molar-refractivity contribution in [3.05, 3.63) is 82.5 Å². The van der Waals surface area contributed by atoms with Crippen molar-refractivity contribution in [2.24, 2.45) is 0 Å². The van der Waals surface area contributed by atoms with Gasteiger partial charge in [-0.05, 0) is 36.2 Å². The van der Waals surface area contributed by atoms with Crippen molar-refractivity contribution in [3.63, 3.8) is 0 Å². The van der Waals surface area contributed by atoms with Crippen molar-refractivity contribution in [2.45, 2.75) is 13.5 Å². The molecule has 4 rings (SSSR count). The van der Waals surface area contributed by atoms with E-state index in [-0.39, 0.29) is 5.69 Å². The SMILES string of the molecule is Cc1ncc(-c2ccc3[nH]c(=O)[nH]c3c2)cc1NCc1ccccc1. The lowest BCUT2D eigenvalue weighted by Gasteiger charge is -2.11. The summed E-state index contributed by atoms with van der Waals surface area (Å²) in [4.78, 5) is 21.5. The van der Waals surface area contributed by atoms with Gasteiger partial charge in [0.1, 0.15) is 0 Å². The number of rotatable bonds is 4. The van der Waals surface area contributed by atoms with Gasteiger partial charge in [0.15, 0.2) is 0 Å². The van der Waals surface area contributed by atoms with E-state index in [0.717, 1.165) is 40.1 Å². The molecule has 0 bridgehead atoms. The molecule has 2 heterocycles. The summed E-state index contributed by atoms with van der Waals surface area (Å²) in [6.45, 7) is 2.74. The Bertz CT molecular complexity index is 1080. The van der Waals surface area contributed by atoms with Crippen LogP contribution in [0.1, 0.15) is 11.3 Å². The highest BCUT2D eigenvalue weighted by Gasteiger charge is 2.06. The first-order chi connectivity index (χ1) is 12.2. The van der Waals surface area contributed by atoms with E-state index in [0.29, 0.717) is 0 Å². The maximum Gasteiger partial charge on any atom is 0.323 e. The molecule has 25 heavy (non-hydrogen) atoms. The number of hydrogen-bond acceptors (Lipinski definition) is 3. The first-order valence-corrected chi connectivity index (χ1v) is 8.16. The monoisotopic (exact) mass is 330 g/mol. The van der Waals surface area contributed by atoms with Crippen LogP contribution in [0, 0.1) is 6.92 Å². The highest BCUT2D eigenvalue weighted by atomic mass is 16.1. The van der Waals surface area contributed by atoms with Gasteiger partial charge in [-0.3, -0.25) is 4.98 Å². The molecule has 0 aliphatic carbocycles. The first-order valence-electron chi connectivity index (χ1n) is 8.16. The Kier molecular flexibility index (Phi) is 3.82. The minimum Gasteiger partial charge on any atom is -0.379 e. The van der Waals surface area contributed by atoms with Crippen molar-refractivity contribution < 1.29 is 0 Å². The number of benzene rings is 2. The van der Waals surface area contributed by atoms with Crippen molar-refractivity contribution in [1.29, 1.82) is 0 Å². The zero-order valence-electron chi connectivity index (χ0n) is 13.8. The number of aryl methyl sites for hydroxylation is 1. The predicted octanol–water partition coefficient (Wildman–Crippen LogP) is 3.84. The van der Waals surface area contributed by atoms with E-state index in [2.05, 4.69) is 38.5 Å². The predicted molar refractivity (Wildman–Crippen MR) is 101 cm³/mol. The van der Waals surface area contributed by atoms with Crippen molar-refractivity contribution in [3.8, 4) is 11.1 Å². The zero-order valence-corrected chi connectivity index (χ0v) is 13.8. The van der Waals surface area contributed by atoms with Crippen molar-refractivity contribution in [1.82, 2.24) is 15.0 Å². The summed E-state index contributed by atoms with van der Waals surface area (Å²) in [7, 11) is 0. The molecule has 0 amide bonds. The lowest BCUT2D eigenvalue weighted by Crippen LogP contribution is -2.02. The molecule has 2 aromatic heterocycles. The third kappa shape index (κ3) is 3.17. The number of anilines is 1. The Morgan fingerprint density at radius 1 is 0.960 bits per heavy atom. The molecule has 0 atom stereocenters. The second kappa shape index (κ2) is 6.28. The highest BCUT2D eigenvalue weighted by molar-refractivity contribution is 5.82. The first kappa shape index (κ1) is 15.2. The summed E-state index contributed by atoms with van der Waals surface area (Å²) in [5.74, 6) is 0. The molecular weight excluding hydrogens is 312 g/mol. The normalized spacial score (nSPS) is 10.9. The van der Waals surface area contributed by atoms with Crippen LogP contribution in [0.4, 0.5) is 5.69 Å². The molecule has 0 saturated carbocycles. The number of nitrogens with zero attached hydrogens (tertiary/aromatic N) is 1. The minimum absolute atomic E-state index is 0.195. The lowest BCUT2D eigenvalue weighted by molar-refractivity contribution is 1.11. The van der Waals surface area contributed by atoms with Crippen LogP contribution in [0.15, 0.2) is 65.6 Å². The van der Waals surface area contributed by atoms with Crippen LogP contribution < -0.4 is 11.0 Å². The topological polar surface area (TPSA) is 73.6 Å². The lowest BCUT2D eigenvalue weighted by atomic mass is 10.1. The smallest absolute Gasteiger partial charge is 0.323 e. The molecule has 4 aromatic rings. The van der Waals surface area contributed by atoms with E-state index < -0.39 is 0 Å². The van der Waals surface area contributed by atoms with Crippen LogP contribution in [-0.2, 0) is 6.54 Å². The van der Waals surface area contributed by atoms with Gasteiger partial charge in [0, 0.05) is 18.3 Å². The van der Waals surface area contributed by atoms with Crippen LogP contribution in [0.3, 0.4) is 0 Å². The van der Waals surface area contributed by atoms with Gasteiger partial charge in [-0.15, -0.1) is 0 Å². The second-order valence-electron chi connectivity index (χ2n) is 6.04. The zero-order chi connectivity index (χ0) is 17.2. The van der Waals surface area contributed by atoms with Crippen LogP contribution in [0.2, 0.25) is 0 Å². The number of aromatic nitrogens is 3. The Hall–Kier alpha value is -3.34. The van der Waals surface area contributed by atoms with E-state index in [1.54, 1.807) is 0 Å². The van der Waals surface area contributed by atoms with Crippen molar-refractivity contribution in [2.75, 3.05) is 5.32 Å². The molecule has 124 valence electrons. The molecule has 0 saturated heterocycles. The number of imidazole rings is 1. The van der Waals surface area contributed by atoms with E-state index >= 15 is 0 Å². The second-order valence-corrected chi connectivity index (χ2v) is 6.04. The number of pyridine rings is 1. The van der Waals surface area contributed by atoms with Crippen LogP contribution in [0.5, 0.6) is 0 Å². The average Bonchev–Trinajstić information content (AvgIpc) is 3.01. The van der Waals surface area contributed by atoms with Gasteiger partial charge >= 0.3 is 5.69 Å². The highest BCUT2D eigenvalue weighted by Crippen LogP contribution is 2.26. The minimum atomic E-state index is -0.195. The number of aromatic amines is 2. The van der Waals surface area contributed by atoms with Crippen molar-refractivity contribution >= 4 is 16.7 Å². The molecule has 3 N–H and O–H groups in total. The fourth-order valence-corrected chi connectivity index (χ4v) is 2.88. The molecule has 0 radical (unpaired) electrons. The fourth-order valence-electron chi connectivity index (χ4n) is 2.88. The molecule has 0 spiro atoms. The van der Waals surface area contributed by atoms with E-state index in [9.17, 15) is 4.79 Å². The number of hydrogen-bond donors (Lipinski definition) is 3. The van der Waals surface area contributed by atoms with Gasteiger partial charge < -0.3 is 15.3 Å². The van der Waals surface area contributed by atoms with E-state index in [1.165, 1.54) is 5.56 Å². The Labute approximate surface area is 144 Å². The molecule has 0 fully saturated rings. The Morgan fingerprint density at radius 2 is 1.76 bits per heavy atom. The van der Waals surface area contributed by atoms with Gasteiger partial charge in [0.05, 0.1) is 22.4 Å². The van der Waals surface area contributed by atoms with Crippen LogP contribution >= 0.6 is 0 Å².